The molecule has 1 aliphatic heterocycles. The van der Waals surface area contributed by atoms with Gasteiger partial charge < -0.3 is 14.8 Å². The highest BCUT2D eigenvalue weighted by molar-refractivity contribution is 6.36. The number of nitrogens with one attached hydrogen (secondary N) is 1. The van der Waals surface area contributed by atoms with Crippen LogP contribution in [0.15, 0.2) is 60.3 Å². The van der Waals surface area contributed by atoms with Gasteiger partial charge in [0.05, 0.1) is 12.2 Å². The molecule has 3 rings (SSSR count). The molecule has 2 amide bonds. The van der Waals surface area contributed by atoms with Gasteiger partial charge in [-0.1, -0.05) is 36.4 Å². The Kier molecular flexibility index (Phi) is 7.03. The molecule has 29 heavy (non-hydrogen) atoms. The van der Waals surface area contributed by atoms with Crippen LogP contribution in [0.1, 0.15) is 25.8 Å². The monoisotopic (exact) mass is 394 g/mol. The first-order valence-electron chi connectivity index (χ1n) is 9.89. The molecule has 0 radical (unpaired) electrons. The summed E-state index contributed by atoms with van der Waals surface area (Å²) in [5.74, 6) is 0.0815. The number of amides is 2. The van der Waals surface area contributed by atoms with Gasteiger partial charge in [0.2, 0.25) is 0 Å². The molecule has 0 spiro atoms. The van der Waals surface area contributed by atoms with Gasteiger partial charge in [-0.05, 0) is 38.0 Å². The van der Waals surface area contributed by atoms with E-state index in [1.54, 1.807) is 0 Å². The second-order valence-corrected chi connectivity index (χ2v) is 6.51. The Morgan fingerprint density at radius 1 is 0.931 bits per heavy atom. The molecule has 2 aromatic carbocycles. The van der Waals surface area contributed by atoms with Crippen molar-refractivity contribution in [3.05, 3.63) is 65.9 Å². The zero-order valence-corrected chi connectivity index (χ0v) is 16.8. The van der Waals surface area contributed by atoms with E-state index < -0.39 is 0 Å². The SMILES string of the molecule is CCOCCCN1C(=O)C(Nc2cccc(OCC)c2)=C(c2ccccc2)C1=O. The van der Waals surface area contributed by atoms with Crippen molar-refractivity contribution >= 4 is 23.1 Å². The predicted octanol–water partition coefficient (Wildman–Crippen LogP) is 3.70. The fourth-order valence-electron chi connectivity index (χ4n) is 3.21. The first-order valence-corrected chi connectivity index (χ1v) is 9.89. The quantitative estimate of drug-likeness (QED) is 0.492. The summed E-state index contributed by atoms with van der Waals surface area (Å²) >= 11 is 0. The highest BCUT2D eigenvalue weighted by Crippen LogP contribution is 2.31. The molecule has 2 aromatic rings. The third-order valence-corrected chi connectivity index (χ3v) is 4.52. The van der Waals surface area contributed by atoms with E-state index in [-0.39, 0.29) is 17.5 Å². The predicted molar refractivity (Wildman–Crippen MR) is 112 cm³/mol. The summed E-state index contributed by atoms with van der Waals surface area (Å²) in [7, 11) is 0. The van der Waals surface area contributed by atoms with E-state index in [4.69, 9.17) is 9.47 Å². The number of carbonyl (C=O) groups excluding carboxylic acids is 2. The molecule has 0 aromatic heterocycles. The van der Waals surface area contributed by atoms with Crippen molar-refractivity contribution in [3.63, 3.8) is 0 Å². The molecule has 0 bridgehead atoms. The van der Waals surface area contributed by atoms with Crippen LogP contribution in [0.5, 0.6) is 5.75 Å². The van der Waals surface area contributed by atoms with Crippen LogP contribution < -0.4 is 10.1 Å². The van der Waals surface area contributed by atoms with Crippen molar-refractivity contribution in [2.45, 2.75) is 20.3 Å². The lowest BCUT2D eigenvalue weighted by molar-refractivity contribution is -0.137. The van der Waals surface area contributed by atoms with Gasteiger partial charge in [0.1, 0.15) is 11.4 Å². The van der Waals surface area contributed by atoms with E-state index in [9.17, 15) is 9.59 Å². The lowest BCUT2D eigenvalue weighted by Crippen LogP contribution is -2.34. The van der Waals surface area contributed by atoms with E-state index in [1.807, 2.05) is 68.4 Å². The highest BCUT2D eigenvalue weighted by atomic mass is 16.5. The van der Waals surface area contributed by atoms with Crippen LogP contribution in [0.3, 0.4) is 0 Å². The van der Waals surface area contributed by atoms with Crippen LogP contribution in [0.2, 0.25) is 0 Å². The molecule has 6 nitrogen and oxygen atoms in total. The van der Waals surface area contributed by atoms with Gasteiger partial charge in [0, 0.05) is 31.5 Å². The van der Waals surface area contributed by atoms with Crippen LogP contribution in [0, 0.1) is 0 Å². The van der Waals surface area contributed by atoms with Crippen LogP contribution in [-0.2, 0) is 14.3 Å². The largest absolute Gasteiger partial charge is 0.494 e. The van der Waals surface area contributed by atoms with Gasteiger partial charge in [-0.3, -0.25) is 14.5 Å². The number of hydrogen-bond acceptors (Lipinski definition) is 5. The molecule has 1 heterocycles. The molecule has 0 unspecified atom stereocenters. The summed E-state index contributed by atoms with van der Waals surface area (Å²) in [6.07, 6.45) is 0.598. The first kappa shape index (κ1) is 20.6. The smallest absolute Gasteiger partial charge is 0.278 e. The van der Waals surface area contributed by atoms with E-state index in [1.165, 1.54) is 4.90 Å². The summed E-state index contributed by atoms with van der Waals surface area (Å²) in [6, 6.07) is 16.6. The van der Waals surface area contributed by atoms with Gasteiger partial charge in [0.25, 0.3) is 11.8 Å². The number of rotatable bonds is 10. The standard InChI is InChI=1S/C23H26N2O4/c1-3-28-15-9-14-25-22(26)20(17-10-6-5-7-11-17)21(23(25)27)24-18-12-8-13-19(16-18)29-4-2/h5-8,10-13,16,24H,3-4,9,14-15H2,1-2H3. The van der Waals surface area contributed by atoms with Gasteiger partial charge >= 0.3 is 0 Å². The topological polar surface area (TPSA) is 67.9 Å². The van der Waals surface area contributed by atoms with Crippen LogP contribution in [-0.4, -0.2) is 43.1 Å². The van der Waals surface area contributed by atoms with Crippen LogP contribution in [0.4, 0.5) is 5.69 Å². The van der Waals surface area contributed by atoms with E-state index in [0.29, 0.717) is 55.4 Å². The van der Waals surface area contributed by atoms with Crippen molar-refractivity contribution < 1.29 is 19.1 Å². The molecule has 0 saturated heterocycles. The Hall–Kier alpha value is -3.12. The summed E-state index contributed by atoms with van der Waals surface area (Å²) in [5, 5.41) is 3.16. The minimum Gasteiger partial charge on any atom is -0.494 e. The number of hydrogen-bond donors (Lipinski definition) is 1. The number of benzene rings is 2. The molecule has 0 atom stereocenters. The average molecular weight is 394 g/mol. The fourth-order valence-corrected chi connectivity index (χ4v) is 3.21. The second kappa shape index (κ2) is 9.89. The van der Waals surface area contributed by atoms with Gasteiger partial charge in [-0.15, -0.1) is 0 Å². The number of nitrogens with zero attached hydrogens (tertiary/aromatic N) is 1. The van der Waals surface area contributed by atoms with E-state index in [0.717, 1.165) is 0 Å². The maximum atomic E-state index is 13.1. The van der Waals surface area contributed by atoms with Crippen LogP contribution in [0.25, 0.3) is 5.57 Å². The number of imide groups is 1. The summed E-state index contributed by atoms with van der Waals surface area (Å²) < 4.78 is 10.9. The summed E-state index contributed by atoms with van der Waals surface area (Å²) in [6.45, 7) is 5.81. The summed E-state index contributed by atoms with van der Waals surface area (Å²) in [4.78, 5) is 27.5. The Morgan fingerprint density at radius 3 is 2.45 bits per heavy atom. The Bertz CT molecular complexity index is 893. The van der Waals surface area contributed by atoms with Crippen molar-refractivity contribution in [1.82, 2.24) is 4.90 Å². The Balaban J connectivity index is 1.90. The molecule has 0 fully saturated rings. The molecule has 0 aliphatic carbocycles. The van der Waals surface area contributed by atoms with Gasteiger partial charge in [-0.2, -0.15) is 0 Å². The second-order valence-electron chi connectivity index (χ2n) is 6.51. The van der Waals surface area contributed by atoms with E-state index in [2.05, 4.69) is 5.32 Å². The van der Waals surface area contributed by atoms with E-state index >= 15 is 0 Å². The third-order valence-electron chi connectivity index (χ3n) is 4.52. The molecule has 6 heteroatoms. The Labute approximate surface area is 171 Å². The summed E-state index contributed by atoms with van der Waals surface area (Å²) in [5.41, 5.74) is 2.07. The molecular formula is C23H26N2O4. The maximum absolute atomic E-state index is 13.1. The molecular weight excluding hydrogens is 368 g/mol. The molecule has 152 valence electrons. The van der Waals surface area contributed by atoms with Crippen molar-refractivity contribution in [1.29, 1.82) is 0 Å². The van der Waals surface area contributed by atoms with Crippen molar-refractivity contribution in [2.24, 2.45) is 0 Å². The zero-order valence-electron chi connectivity index (χ0n) is 16.8. The molecule has 1 N–H and O–H groups in total. The molecule has 0 saturated carbocycles. The highest BCUT2D eigenvalue weighted by Gasteiger charge is 2.38. The average Bonchev–Trinajstić information content (AvgIpc) is 2.96. The minimum atomic E-state index is -0.327. The van der Waals surface area contributed by atoms with Crippen molar-refractivity contribution in [3.8, 4) is 5.75 Å². The van der Waals surface area contributed by atoms with Gasteiger partial charge in [0.15, 0.2) is 0 Å². The first-order chi connectivity index (χ1) is 14.2. The lowest BCUT2D eigenvalue weighted by Gasteiger charge is -2.15. The van der Waals surface area contributed by atoms with Crippen LogP contribution >= 0.6 is 0 Å². The Morgan fingerprint density at radius 2 is 1.72 bits per heavy atom. The molecule has 1 aliphatic rings. The normalized spacial score (nSPS) is 13.9. The third kappa shape index (κ3) is 4.84. The van der Waals surface area contributed by atoms with Gasteiger partial charge in [-0.25, -0.2) is 0 Å². The number of carbonyl (C=O) groups is 2. The fraction of sp³-hybridized carbons (Fsp3) is 0.304. The lowest BCUT2D eigenvalue weighted by atomic mass is 10.0. The zero-order chi connectivity index (χ0) is 20.6. The number of ether oxygens (including phenoxy) is 2. The maximum Gasteiger partial charge on any atom is 0.278 e. The van der Waals surface area contributed by atoms with Crippen molar-refractivity contribution in [2.75, 3.05) is 31.7 Å². The number of anilines is 1. The minimum absolute atomic E-state index is 0.284.